The molecule has 0 saturated carbocycles. The molecule has 418 valence electrons. The first-order chi connectivity index (χ1) is 41.3. The molecule has 3 atom stereocenters. The fourth-order valence-electron chi connectivity index (χ4n) is 11.0. The van der Waals surface area contributed by atoms with Gasteiger partial charge in [-0.05, 0) is 50.8 Å². The van der Waals surface area contributed by atoms with Crippen LogP contribution in [0.5, 0.6) is 0 Å². The molecule has 12 nitrogen and oxygen atoms in total. The molecule has 2 aliphatic heterocycles. The van der Waals surface area contributed by atoms with E-state index in [1.165, 1.54) is 46.2 Å². The predicted octanol–water partition coefficient (Wildman–Crippen LogP) is 13.2. The molecule has 2 saturated heterocycles. The molecule has 12 rings (SSSR count). The summed E-state index contributed by atoms with van der Waals surface area (Å²) in [5, 5.41) is 19.6. The van der Waals surface area contributed by atoms with Gasteiger partial charge in [-0.2, -0.15) is 0 Å². The van der Waals surface area contributed by atoms with Gasteiger partial charge in [0.15, 0.2) is 28.7 Å². The topological polar surface area (TPSA) is 147 Å². The van der Waals surface area contributed by atoms with Crippen LogP contribution in [-0.4, -0.2) is 73.1 Å². The van der Waals surface area contributed by atoms with E-state index in [2.05, 4.69) is 93.9 Å². The van der Waals surface area contributed by atoms with Crippen molar-refractivity contribution in [2.75, 3.05) is 29.2 Å². The van der Waals surface area contributed by atoms with Crippen LogP contribution in [0.3, 0.4) is 0 Å². The Morgan fingerprint density at radius 2 is 1.01 bits per heavy atom. The number of rotatable bonds is 21. The number of esters is 1. The normalized spacial score (nSPS) is 16.9. The highest BCUT2D eigenvalue weighted by Crippen LogP contribution is 2.46. The van der Waals surface area contributed by atoms with Crippen LogP contribution in [0.15, 0.2) is 259 Å². The number of fused-ring (bicyclic) bond motifs is 1. The second kappa shape index (κ2) is 25.0. The maximum Gasteiger partial charge on any atom is 0.325 e. The summed E-state index contributed by atoms with van der Waals surface area (Å²) in [7, 11) is 0. The molecule has 8 aromatic carbocycles. The maximum absolute atomic E-state index is 15.0. The lowest BCUT2D eigenvalue weighted by molar-refractivity contribution is -0.155. The number of oxime groups is 1. The molecular weight excluding hydrogens is 1120 g/mol. The molecule has 0 radical (unpaired) electrons. The van der Waals surface area contributed by atoms with Crippen LogP contribution < -0.4 is 16.0 Å². The number of anilines is 2. The lowest BCUT2D eigenvalue weighted by atomic mass is 9.77. The molecule has 2 aliphatic rings. The SMILES string of the molecule is CSC1(C(=O)OC(c2ccccc2)c2ccccc2)CS[C@@H]2C(NC(=O)C(=NOCc3csc(NC(c4ccccc4)(c4ccccc4)c4ccccc4)n3)c3csc(NC(c4ccccc4)(c4ccccc4)c4ccccc4)n3)C(=O)N2C1. The predicted molar refractivity (Wildman–Crippen MR) is 338 cm³/mol. The quantitative estimate of drug-likeness (QED) is 0.0208. The van der Waals surface area contributed by atoms with Crippen LogP contribution in [0.1, 0.15) is 62.0 Å². The van der Waals surface area contributed by atoms with E-state index < -0.39 is 45.2 Å². The molecule has 3 N–H and O–H groups in total. The average molecular weight is 1180 g/mol. The van der Waals surface area contributed by atoms with Crippen molar-refractivity contribution in [3.63, 3.8) is 0 Å². The van der Waals surface area contributed by atoms with E-state index in [0.717, 1.165) is 44.5 Å². The van der Waals surface area contributed by atoms with E-state index in [1.807, 2.05) is 181 Å². The molecule has 10 aromatic rings. The number of thioether (sulfide) groups is 2. The number of hydrogen-bond acceptors (Lipinski definition) is 14. The van der Waals surface area contributed by atoms with E-state index in [-0.39, 0.29) is 30.5 Å². The van der Waals surface area contributed by atoms with Gasteiger partial charge < -0.3 is 30.4 Å². The smallest absolute Gasteiger partial charge is 0.325 e. The number of amides is 2. The first-order valence-electron chi connectivity index (χ1n) is 27.4. The number of ether oxygens (including phenoxy) is 1. The molecule has 2 fully saturated rings. The molecule has 0 spiro atoms. The van der Waals surface area contributed by atoms with Crippen molar-refractivity contribution in [1.29, 1.82) is 0 Å². The first-order valence-corrected chi connectivity index (χ1v) is 31.4. The van der Waals surface area contributed by atoms with Gasteiger partial charge in [0.25, 0.3) is 5.91 Å². The Kier molecular flexibility index (Phi) is 16.6. The number of aromatic nitrogens is 2. The number of nitrogens with zero attached hydrogens (tertiary/aromatic N) is 4. The highest BCUT2D eigenvalue weighted by atomic mass is 32.2. The van der Waals surface area contributed by atoms with Gasteiger partial charge in [-0.3, -0.25) is 14.4 Å². The zero-order valence-corrected chi connectivity index (χ0v) is 48.8. The zero-order valence-electron chi connectivity index (χ0n) is 45.6. The number of hydrogen-bond donors (Lipinski definition) is 3. The lowest BCUT2D eigenvalue weighted by Crippen LogP contribution is -2.75. The minimum atomic E-state index is -1.07. The molecule has 0 aliphatic carbocycles. The van der Waals surface area contributed by atoms with E-state index >= 15 is 0 Å². The van der Waals surface area contributed by atoms with Crippen molar-refractivity contribution in [3.05, 3.63) is 309 Å². The summed E-state index contributed by atoms with van der Waals surface area (Å²) in [6.45, 7) is 0.0201. The second-order valence-electron chi connectivity index (χ2n) is 20.3. The van der Waals surface area contributed by atoms with E-state index in [4.69, 9.17) is 19.5 Å². The standard InChI is InChI=1S/C68H57N7O5S4/c1-81-66(63(78)80-59(47-26-10-2-11-27-47)48-28-12-3-13-29-48)45-75-61(77)58(62(75)84-46-66)71-60(76)57(56-44-83-65(70-56)73-68(52-36-20-7-21-37-52,53-38-22-8-23-39-53)54-40-24-9-25-41-54)74-79-42-55-43-82-64(69-55)72-67(49-30-14-4-15-31-49,50-32-16-5-17-33-50)51-34-18-6-19-35-51/h2-41,43-44,58-59,62H,42,45-46H2,1H3,(H,69,72)(H,70,73)(H,71,76)/t58?,62-,66?/m1/s1. The number of carbonyl (C=O) groups excluding carboxylic acids is 3. The summed E-state index contributed by atoms with van der Waals surface area (Å²) in [4.78, 5) is 61.6. The third kappa shape index (κ3) is 11.1. The van der Waals surface area contributed by atoms with Gasteiger partial charge in [0.1, 0.15) is 32.9 Å². The van der Waals surface area contributed by atoms with Gasteiger partial charge in [0, 0.05) is 23.1 Å². The van der Waals surface area contributed by atoms with Gasteiger partial charge in [0.2, 0.25) is 5.91 Å². The summed E-state index contributed by atoms with van der Waals surface area (Å²) in [6.07, 6.45) is 1.22. The van der Waals surface area contributed by atoms with Gasteiger partial charge in [0.05, 0.1) is 5.69 Å². The number of β-lactam (4-membered cyclic amide) rings is 1. The largest absolute Gasteiger partial charge is 0.451 e. The molecule has 2 aromatic heterocycles. The monoisotopic (exact) mass is 1180 g/mol. The Balaban J connectivity index is 0.831. The Bertz CT molecular complexity index is 3630. The fraction of sp³-hybridized carbons (Fsp3) is 0.147. The van der Waals surface area contributed by atoms with Gasteiger partial charge >= 0.3 is 5.97 Å². The number of thiazole rings is 2. The summed E-state index contributed by atoms with van der Waals surface area (Å²) >= 11 is 5.56. The Labute approximate surface area is 504 Å². The molecular formula is C68H57N7O5S4. The van der Waals surface area contributed by atoms with Crippen molar-refractivity contribution >= 4 is 80.0 Å². The molecule has 84 heavy (non-hydrogen) atoms. The van der Waals surface area contributed by atoms with E-state index in [0.29, 0.717) is 21.7 Å². The lowest BCUT2D eigenvalue weighted by Gasteiger charge is -2.53. The van der Waals surface area contributed by atoms with E-state index in [9.17, 15) is 14.4 Å². The number of carbonyl (C=O) groups is 3. The van der Waals surface area contributed by atoms with Crippen molar-refractivity contribution < 1.29 is 24.0 Å². The van der Waals surface area contributed by atoms with Crippen molar-refractivity contribution in [2.24, 2.45) is 5.16 Å². The maximum atomic E-state index is 15.0. The van der Waals surface area contributed by atoms with Gasteiger partial charge in [-0.15, -0.1) is 46.2 Å². The molecule has 16 heteroatoms. The minimum absolute atomic E-state index is 0.0881. The number of benzene rings is 8. The van der Waals surface area contributed by atoms with Crippen LogP contribution in [0, 0.1) is 0 Å². The van der Waals surface area contributed by atoms with E-state index in [1.54, 1.807) is 10.3 Å². The van der Waals surface area contributed by atoms with Crippen LogP contribution in [0.25, 0.3) is 0 Å². The van der Waals surface area contributed by atoms with Crippen molar-refractivity contribution in [2.45, 2.75) is 40.0 Å². The average Bonchev–Trinajstić information content (AvgIpc) is 2.06. The van der Waals surface area contributed by atoms with Crippen LogP contribution in [0.2, 0.25) is 0 Å². The highest BCUT2D eigenvalue weighted by Gasteiger charge is 2.58. The Morgan fingerprint density at radius 1 is 0.607 bits per heavy atom. The first kappa shape index (κ1) is 55.7. The fourth-order valence-corrected chi connectivity index (χ4v) is 15.1. The van der Waals surface area contributed by atoms with Crippen molar-refractivity contribution in [1.82, 2.24) is 20.2 Å². The van der Waals surface area contributed by atoms with Gasteiger partial charge in [-0.25, -0.2) is 9.97 Å². The Morgan fingerprint density at radius 3 is 1.44 bits per heavy atom. The summed E-state index contributed by atoms with van der Waals surface area (Å²) in [5.74, 6) is -1.05. The zero-order chi connectivity index (χ0) is 57.4. The third-order valence-corrected chi connectivity index (χ3v) is 19.7. The summed E-state index contributed by atoms with van der Waals surface area (Å²) in [5.41, 5.74) is 6.66. The highest BCUT2D eigenvalue weighted by molar-refractivity contribution is 8.04. The molecule has 2 amide bonds. The molecule has 4 heterocycles. The van der Waals surface area contributed by atoms with Gasteiger partial charge in [-0.1, -0.05) is 248 Å². The van der Waals surface area contributed by atoms with Crippen LogP contribution in [0.4, 0.5) is 10.3 Å². The summed E-state index contributed by atoms with van der Waals surface area (Å²) < 4.78 is 5.33. The third-order valence-electron chi connectivity index (χ3n) is 15.2. The summed E-state index contributed by atoms with van der Waals surface area (Å²) in [6, 6.07) is 79.8. The number of nitrogens with one attached hydrogen (secondary N) is 3. The Hall–Kier alpha value is -8.80. The van der Waals surface area contributed by atoms with Crippen LogP contribution in [-0.2, 0) is 41.6 Å². The van der Waals surface area contributed by atoms with Crippen LogP contribution >= 0.6 is 46.2 Å². The molecule has 0 bridgehead atoms. The second-order valence-corrected chi connectivity index (χ2v) is 24.3. The molecule has 2 unspecified atom stereocenters. The minimum Gasteiger partial charge on any atom is -0.451 e. The van der Waals surface area contributed by atoms with Crippen molar-refractivity contribution in [3.8, 4) is 0 Å².